The van der Waals surface area contributed by atoms with Gasteiger partial charge in [0, 0.05) is 6.42 Å². The monoisotopic (exact) mass is 183 g/mol. The molecule has 0 bridgehead atoms. The quantitative estimate of drug-likeness (QED) is 0.596. The van der Waals surface area contributed by atoms with Crippen molar-refractivity contribution in [3.8, 4) is 0 Å². The fourth-order valence-corrected chi connectivity index (χ4v) is 2.72. The van der Waals surface area contributed by atoms with Crippen molar-refractivity contribution in [3.63, 3.8) is 0 Å². The van der Waals surface area contributed by atoms with Gasteiger partial charge in [-0.25, -0.2) is 4.99 Å². The van der Waals surface area contributed by atoms with E-state index in [1.807, 2.05) is 0 Å². The maximum atomic E-state index is 4.64. The van der Waals surface area contributed by atoms with E-state index in [4.69, 9.17) is 0 Å². The van der Waals surface area contributed by atoms with Crippen LogP contribution in [0.25, 0.3) is 0 Å². The lowest BCUT2D eigenvalue weighted by Crippen LogP contribution is -2.59. The van der Waals surface area contributed by atoms with Gasteiger partial charge in [0.1, 0.15) is 6.54 Å². The number of rotatable bonds is 3. The molecule has 0 amide bonds. The van der Waals surface area contributed by atoms with E-state index in [9.17, 15) is 0 Å². The van der Waals surface area contributed by atoms with Gasteiger partial charge in [-0.3, -0.25) is 4.48 Å². The molecular formula is C11H23N2+. The molecule has 76 valence electrons. The van der Waals surface area contributed by atoms with E-state index in [-0.39, 0.29) is 0 Å². The zero-order valence-corrected chi connectivity index (χ0v) is 9.67. The van der Waals surface area contributed by atoms with Gasteiger partial charge >= 0.3 is 0 Å². The first-order valence-corrected chi connectivity index (χ1v) is 5.47. The van der Waals surface area contributed by atoms with Crippen molar-refractivity contribution in [3.05, 3.63) is 0 Å². The second-order valence-electron chi connectivity index (χ2n) is 4.49. The first-order valence-electron chi connectivity index (χ1n) is 5.47. The molecule has 1 rings (SSSR count). The summed E-state index contributed by atoms with van der Waals surface area (Å²) in [6.07, 6.45) is 1.11. The Morgan fingerprint density at radius 3 is 2.08 bits per heavy atom. The van der Waals surface area contributed by atoms with Crippen molar-refractivity contribution in [1.29, 1.82) is 0 Å². The van der Waals surface area contributed by atoms with E-state index in [1.54, 1.807) is 0 Å². The van der Waals surface area contributed by atoms with Crippen molar-refractivity contribution >= 4 is 5.84 Å². The van der Waals surface area contributed by atoms with Gasteiger partial charge in [0.2, 0.25) is 0 Å². The van der Waals surface area contributed by atoms with Gasteiger partial charge < -0.3 is 0 Å². The molecule has 1 aliphatic rings. The van der Waals surface area contributed by atoms with E-state index in [1.165, 1.54) is 12.4 Å². The van der Waals surface area contributed by atoms with Crippen molar-refractivity contribution in [1.82, 2.24) is 0 Å². The Morgan fingerprint density at radius 2 is 1.77 bits per heavy atom. The van der Waals surface area contributed by atoms with Crippen molar-refractivity contribution in [2.24, 2.45) is 4.99 Å². The summed E-state index contributed by atoms with van der Waals surface area (Å²) in [4.78, 5) is 4.64. The lowest BCUT2D eigenvalue weighted by molar-refractivity contribution is -0.879. The fraction of sp³-hybridized carbons (Fsp3) is 0.909. The molecule has 0 aliphatic carbocycles. The van der Waals surface area contributed by atoms with Gasteiger partial charge in [0.25, 0.3) is 0 Å². The van der Waals surface area contributed by atoms with Crippen LogP contribution in [0.5, 0.6) is 0 Å². The van der Waals surface area contributed by atoms with Gasteiger partial charge in [0.05, 0.1) is 18.6 Å². The standard InChI is InChI=1S/C11H23N2/c1-6-11-12-7-8-13(11,9(2)3)10(4)5/h9-10H,6-8H2,1-5H3/q+1. The number of hydrogen-bond donors (Lipinski definition) is 0. The normalized spacial score (nSPS) is 21.3. The highest BCUT2D eigenvalue weighted by atomic mass is 15.5. The molecule has 0 aromatic heterocycles. The molecule has 2 heteroatoms. The average molecular weight is 183 g/mol. The lowest BCUT2D eigenvalue weighted by atomic mass is 10.1. The highest BCUT2D eigenvalue weighted by Gasteiger charge is 2.42. The van der Waals surface area contributed by atoms with Gasteiger partial charge in [-0.2, -0.15) is 0 Å². The maximum Gasteiger partial charge on any atom is 0.198 e. The molecule has 0 atom stereocenters. The fourth-order valence-electron chi connectivity index (χ4n) is 2.72. The minimum Gasteiger partial charge on any atom is -0.273 e. The summed E-state index contributed by atoms with van der Waals surface area (Å²) in [5.41, 5.74) is 0. The molecule has 2 nitrogen and oxygen atoms in total. The Bertz CT molecular complexity index is 196. The van der Waals surface area contributed by atoms with Crippen LogP contribution in [0.15, 0.2) is 4.99 Å². The Morgan fingerprint density at radius 1 is 1.23 bits per heavy atom. The summed E-state index contributed by atoms with van der Waals surface area (Å²) >= 11 is 0. The third kappa shape index (κ3) is 1.52. The van der Waals surface area contributed by atoms with Crippen molar-refractivity contribution in [2.45, 2.75) is 53.1 Å². The van der Waals surface area contributed by atoms with Gasteiger partial charge in [-0.15, -0.1) is 0 Å². The third-order valence-electron chi connectivity index (χ3n) is 3.40. The molecule has 0 saturated carbocycles. The van der Waals surface area contributed by atoms with Gasteiger partial charge in [-0.05, 0) is 27.7 Å². The Kier molecular flexibility index (Phi) is 3.12. The largest absolute Gasteiger partial charge is 0.273 e. The van der Waals surface area contributed by atoms with E-state index < -0.39 is 0 Å². The summed E-state index contributed by atoms with van der Waals surface area (Å²) in [6, 6.07) is 1.34. The summed E-state index contributed by atoms with van der Waals surface area (Å²) in [7, 11) is 0. The minimum absolute atomic E-state index is 0.668. The Labute approximate surface area is 82.2 Å². The summed E-state index contributed by atoms with van der Waals surface area (Å²) in [5, 5.41) is 0. The van der Waals surface area contributed by atoms with Gasteiger partial charge in [0.15, 0.2) is 5.84 Å². The van der Waals surface area contributed by atoms with Crippen molar-refractivity contribution < 1.29 is 4.48 Å². The second kappa shape index (κ2) is 3.79. The topological polar surface area (TPSA) is 12.4 Å². The molecule has 0 spiro atoms. The molecular weight excluding hydrogens is 160 g/mol. The SMILES string of the molecule is CCC1=NCC[N+]1(C(C)C)C(C)C. The predicted octanol–water partition coefficient (Wildman–Crippen LogP) is 2.44. The van der Waals surface area contributed by atoms with Crippen LogP contribution in [0, 0.1) is 0 Å². The number of nitrogens with zero attached hydrogens (tertiary/aromatic N) is 2. The molecule has 0 saturated heterocycles. The molecule has 1 aliphatic heterocycles. The molecule has 0 aromatic rings. The van der Waals surface area contributed by atoms with Crippen LogP contribution >= 0.6 is 0 Å². The highest BCUT2D eigenvalue weighted by molar-refractivity contribution is 5.76. The van der Waals surface area contributed by atoms with E-state index in [0.717, 1.165) is 17.4 Å². The number of hydrogen-bond acceptors (Lipinski definition) is 1. The van der Waals surface area contributed by atoms with Crippen LogP contribution in [0.1, 0.15) is 41.0 Å². The smallest absolute Gasteiger partial charge is 0.198 e. The lowest BCUT2D eigenvalue weighted by Gasteiger charge is -2.42. The number of aliphatic imine (C=N–C) groups is 1. The zero-order chi connectivity index (χ0) is 10.1. The van der Waals surface area contributed by atoms with Crippen LogP contribution in [-0.2, 0) is 0 Å². The Balaban J connectivity index is 2.98. The number of quaternary nitrogens is 1. The molecule has 0 N–H and O–H groups in total. The summed E-state index contributed by atoms with van der Waals surface area (Å²) < 4.78 is 1.12. The molecule has 1 heterocycles. The first-order chi connectivity index (χ1) is 6.05. The molecule has 0 aromatic carbocycles. The molecule has 0 fully saturated rings. The summed E-state index contributed by atoms with van der Waals surface area (Å²) in [5.74, 6) is 1.41. The second-order valence-corrected chi connectivity index (χ2v) is 4.49. The van der Waals surface area contributed by atoms with Crippen LogP contribution in [0.3, 0.4) is 0 Å². The molecule has 13 heavy (non-hydrogen) atoms. The Hall–Kier alpha value is -0.370. The first kappa shape index (κ1) is 10.7. The van der Waals surface area contributed by atoms with Crippen LogP contribution in [0.4, 0.5) is 0 Å². The minimum atomic E-state index is 0.668. The number of amidine groups is 1. The highest BCUT2D eigenvalue weighted by Crippen LogP contribution is 2.26. The van der Waals surface area contributed by atoms with Gasteiger partial charge in [-0.1, -0.05) is 6.92 Å². The van der Waals surface area contributed by atoms with Crippen LogP contribution in [-0.4, -0.2) is 35.5 Å². The maximum absolute atomic E-state index is 4.64. The van der Waals surface area contributed by atoms with E-state index in [0.29, 0.717) is 12.1 Å². The van der Waals surface area contributed by atoms with E-state index in [2.05, 4.69) is 39.6 Å². The molecule has 0 unspecified atom stereocenters. The van der Waals surface area contributed by atoms with Crippen molar-refractivity contribution in [2.75, 3.05) is 13.1 Å². The van der Waals surface area contributed by atoms with E-state index >= 15 is 0 Å². The molecule has 0 radical (unpaired) electrons. The predicted molar refractivity (Wildman–Crippen MR) is 58.0 cm³/mol. The third-order valence-corrected chi connectivity index (χ3v) is 3.40. The van der Waals surface area contributed by atoms with Crippen LogP contribution < -0.4 is 0 Å². The van der Waals surface area contributed by atoms with Crippen LogP contribution in [0.2, 0.25) is 0 Å². The average Bonchev–Trinajstić information content (AvgIpc) is 2.47. The zero-order valence-electron chi connectivity index (χ0n) is 9.67. The summed E-state index contributed by atoms with van der Waals surface area (Å²) in [6.45, 7) is 13.7.